The summed E-state index contributed by atoms with van der Waals surface area (Å²) in [6.07, 6.45) is 2.97. The van der Waals surface area contributed by atoms with Crippen LogP contribution in [0.25, 0.3) is 0 Å². The summed E-state index contributed by atoms with van der Waals surface area (Å²) >= 11 is 5.74. The Morgan fingerprint density at radius 2 is 2.10 bits per heavy atom. The van der Waals surface area contributed by atoms with Crippen LogP contribution in [0.3, 0.4) is 0 Å². The van der Waals surface area contributed by atoms with E-state index in [4.69, 9.17) is 21.1 Å². The molecule has 1 aromatic rings. The third-order valence-electron chi connectivity index (χ3n) is 3.21. The minimum atomic E-state index is -3.47. The van der Waals surface area contributed by atoms with Crippen LogP contribution in [0.2, 0.25) is 5.02 Å². The molecule has 1 aliphatic heterocycles. The summed E-state index contributed by atoms with van der Waals surface area (Å²) in [4.78, 5) is 0.215. The standard InChI is InChI=1S/C14H20ClNO4S/c15-12-4-6-14(7-5-12)21(17,18)16-8-2-9-19-11-13-3-1-10-20-13/h4-7,13,16H,1-3,8-11H2. The number of hydrogen-bond acceptors (Lipinski definition) is 4. The smallest absolute Gasteiger partial charge is 0.240 e. The van der Waals surface area contributed by atoms with E-state index in [1.54, 1.807) is 12.1 Å². The van der Waals surface area contributed by atoms with Crippen molar-refractivity contribution in [2.45, 2.75) is 30.3 Å². The fourth-order valence-electron chi connectivity index (χ4n) is 2.07. The van der Waals surface area contributed by atoms with E-state index in [0.29, 0.717) is 31.2 Å². The number of sulfonamides is 1. The molecule has 0 saturated carbocycles. The average molecular weight is 334 g/mol. The van der Waals surface area contributed by atoms with Gasteiger partial charge in [0.2, 0.25) is 10.0 Å². The lowest BCUT2D eigenvalue weighted by Crippen LogP contribution is -2.26. The molecule has 21 heavy (non-hydrogen) atoms. The summed E-state index contributed by atoms with van der Waals surface area (Å²) in [5, 5.41) is 0.511. The van der Waals surface area contributed by atoms with Crippen LogP contribution in [-0.4, -0.2) is 40.9 Å². The molecule has 1 aromatic carbocycles. The highest BCUT2D eigenvalue weighted by molar-refractivity contribution is 7.89. The molecule has 5 nitrogen and oxygen atoms in total. The summed E-state index contributed by atoms with van der Waals surface area (Å²) in [6, 6.07) is 6.08. The van der Waals surface area contributed by atoms with Gasteiger partial charge in [-0.2, -0.15) is 0 Å². The molecule has 7 heteroatoms. The molecule has 1 saturated heterocycles. The number of rotatable bonds is 8. The molecular formula is C14H20ClNO4S. The van der Waals surface area contributed by atoms with Crippen molar-refractivity contribution in [1.82, 2.24) is 4.72 Å². The molecule has 1 atom stereocenters. The van der Waals surface area contributed by atoms with Crippen LogP contribution in [0.15, 0.2) is 29.2 Å². The number of hydrogen-bond donors (Lipinski definition) is 1. The van der Waals surface area contributed by atoms with Gasteiger partial charge in [-0.25, -0.2) is 13.1 Å². The van der Waals surface area contributed by atoms with E-state index < -0.39 is 10.0 Å². The highest BCUT2D eigenvalue weighted by atomic mass is 35.5. The molecule has 0 spiro atoms. The van der Waals surface area contributed by atoms with Gasteiger partial charge in [-0.15, -0.1) is 0 Å². The van der Waals surface area contributed by atoms with Crippen molar-refractivity contribution in [1.29, 1.82) is 0 Å². The molecular weight excluding hydrogens is 314 g/mol. The second-order valence-electron chi connectivity index (χ2n) is 4.92. The van der Waals surface area contributed by atoms with Crippen LogP contribution in [-0.2, 0) is 19.5 Å². The lowest BCUT2D eigenvalue weighted by atomic mass is 10.2. The molecule has 0 bridgehead atoms. The Morgan fingerprint density at radius 3 is 2.76 bits per heavy atom. The van der Waals surface area contributed by atoms with Crippen molar-refractivity contribution < 1.29 is 17.9 Å². The fourth-order valence-corrected chi connectivity index (χ4v) is 3.27. The number of nitrogens with one attached hydrogen (secondary N) is 1. The van der Waals surface area contributed by atoms with Crippen LogP contribution in [0.5, 0.6) is 0 Å². The Labute approximate surface area is 130 Å². The summed E-state index contributed by atoms with van der Waals surface area (Å²) in [7, 11) is -3.47. The van der Waals surface area contributed by atoms with Gasteiger partial charge in [-0.3, -0.25) is 0 Å². The molecule has 0 aromatic heterocycles. The normalized spacial score (nSPS) is 19.0. The van der Waals surface area contributed by atoms with E-state index in [-0.39, 0.29) is 11.0 Å². The molecule has 118 valence electrons. The number of benzene rings is 1. The van der Waals surface area contributed by atoms with E-state index >= 15 is 0 Å². The second-order valence-corrected chi connectivity index (χ2v) is 7.12. The first-order valence-electron chi connectivity index (χ1n) is 7.02. The molecule has 0 aliphatic carbocycles. The van der Waals surface area contributed by atoms with Gasteiger partial charge in [0, 0.05) is 24.8 Å². The zero-order valence-corrected chi connectivity index (χ0v) is 13.3. The van der Waals surface area contributed by atoms with E-state index in [9.17, 15) is 8.42 Å². The third-order valence-corrected chi connectivity index (χ3v) is 4.94. The van der Waals surface area contributed by atoms with Gasteiger partial charge in [0.05, 0.1) is 17.6 Å². The molecule has 1 fully saturated rings. The van der Waals surface area contributed by atoms with E-state index in [2.05, 4.69) is 4.72 Å². The molecule has 1 unspecified atom stereocenters. The van der Waals surface area contributed by atoms with Gasteiger partial charge in [-0.05, 0) is 43.5 Å². The molecule has 2 rings (SSSR count). The van der Waals surface area contributed by atoms with E-state index in [1.165, 1.54) is 12.1 Å². The molecule has 1 heterocycles. The predicted molar refractivity (Wildman–Crippen MR) is 81.1 cm³/mol. The maximum atomic E-state index is 12.0. The Bertz CT molecular complexity index is 526. The van der Waals surface area contributed by atoms with Gasteiger partial charge in [0.1, 0.15) is 0 Å². The van der Waals surface area contributed by atoms with Crippen LogP contribution < -0.4 is 4.72 Å². The molecule has 1 aliphatic rings. The molecule has 0 amide bonds. The van der Waals surface area contributed by atoms with Gasteiger partial charge >= 0.3 is 0 Å². The zero-order valence-electron chi connectivity index (χ0n) is 11.8. The van der Waals surface area contributed by atoms with Crippen LogP contribution in [0.4, 0.5) is 0 Å². The Morgan fingerprint density at radius 1 is 1.33 bits per heavy atom. The van der Waals surface area contributed by atoms with Crippen molar-refractivity contribution in [3.8, 4) is 0 Å². The maximum absolute atomic E-state index is 12.0. The summed E-state index contributed by atoms with van der Waals surface area (Å²) in [6.45, 7) is 2.26. The Hall–Kier alpha value is -0.660. The van der Waals surface area contributed by atoms with Gasteiger partial charge in [-0.1, -0.05) is 11.6 Å². The van der Waals surface area contributed by atoms with Gasteiger partial charge in [0.25, 0.3) is 0 Å². The van der Waals surface area contributed by atoms with Gasteiger partial charge < -0.3 is 9.47 Å². The first-order valence-corrected chi connectivity index (χ1v) is 8.88. The highest BCUT2D eigenvalue weighted by Gasteiger charge is 2.15. The van der Waals surface area contributed by atoms with Crippen molar-refractivity contribution >= 4 is 21.6 Å². The minimum Gasteiger partial charge on any atom is -0.379 e. The van der Waals surface area contributed by atoms with Crippen molar-refractivity contribution in [2.24, 2.45) is 0 Å². The maximum Gasteiger partial charge on any atom is 0.240 e. The Balaban J connectivity index is 1.64. The largest absolute Gasteiger partial charge is 0.379 e. The lowest BCUT2D eigenvalue weighted by molar-refractivity contribution is 0.0169. The van der Waals surface area contributed by atoms with Crippen molar-refractivity contribution in [3.63, 3.8) is 0 Å². The van der Waals surface area contributed by atoms with Crippen molar-refractivity contribution in [3.05, 3.63) is 29.3 Å². The van der Waals surface area contributed by atoms with Crippen molar-refractivity contribution in [2.75, 3.05) is 26.4 Å². The SMILES string of the molecule is O=S(=O)(NCCCOCC1CCCO1)c1ccc(Cl)cc1. The average Bonchev–Trinajstić information content (AvgIpc) is 2.96. The quantitative estimate of drug-likeness (QED) is 0.741. The van der Waals surface area contributed by atoms with E-state index in [0.717, 1.165) is 19.4 Å². The lowest BCUT2D eigenvalue weighted by Gasteiger charge is -2.10. The summed E-state index contributed by atoms with van der Waals surface area (Å²) in [5.74, 6) is 0. The first-order chi connectivity index (χ1) is 10.1. The number of ether oxygens (including phenoxy) is 2. The second kappa shape index (κ2) is 8.10. The monoisotopic (exact) mass is 333 g/mol. The zero-order chi connectivity index (χ0) is 15.1. The van der Waals surface area contributed by atoms with Crippen LogP contribution >= 0.6 is 11.6 Å². The Kier molecular flexibility index (Phi) is 6.44. The minimum absolute atomic E-state index is 0.204. The fraction of sp³-hybridized carbons (Fsp3) is 0.571. The molecule has 0 radical (unpaired) electrons. The van der Waals surface area contributed by atoms with Crippen LogP contribution in [0, 0.1) is 0 Å². The third kappa shape index (κ3) is 5.56. The number of halogens is 1. The van der Waals surface area contributed by atoms with Crippen LogP contribution in [0.1, 0.15) is 19.3 Å². The van der Waals surface area contributed by atoms with E-state index in [1.807, 2.05) is 0 Å². The first kappa shape index (κ1) is 16.7. The molecule has 1 N–H and O–H groups in total. The topological polar surface area (TPSA) is 64.6 Å². The predicted octanol–water partition coefficient (Wildman–Crippen LogP) is 2.20. The highest BCUT2D eigenvalue weighted by Crippen LogP contribution is 2.14. The van der Waals surface area contributed by atoms with Gasteiger partial charge in [0.15, 0.2) is 0 Å². The summed E-state index contributed by atoms with van der Waals surface area (Å²) < 4.78 is 37.4. The summed E-state index contributed by atoms with van der Waals surface area (Å²) in [5.41, 5.74) is 0.